The second-order valence-electron chi connectivity index (χ2n) is 2.38. The molecule has 0 bridgehead atoms. The summed E-state index contributed by atoms with van der Waals surface area (Å²) in [5.41, 5.74) is 1.72. The van der Waals surface area contributed by atoms with Crippen LogP contribution in [0.15, 0.2) is 28.2 Å². The molecule has 0 heterocycles. The number of aliphatic imine (C=N–C) groups is 2. The molecular weight excluding hydrogens is 207 g/mol. The molecule has 66 valence electrons. The maximum atomic E-state index is 10.00. The van der Waals surface area contributed by atoms with Crippen molar-refractivity contribution in [2.75, 3.05) is 0 Å². The van der Waals surface area contributed by atoms with Gasteiger partial charge in [-0.2, -0.15) is 9.98 Å². The summed E-state index contributed by atoms with van der Waals surface area (Å²) >= 11 is 0. The average molecular weight is 214 g/mol. The first-order valence-electron chi connectivity index (χ1n) is 3.54. The Kier molecular flexibility index (Phi) is 6.79. The zero-order valence-electron chi connectivity index (χ0n) is 8.94. The Labute approximate surface area is 125 Å². The normalized spacial score (nSPS) is 7.79. The first kappa shape index (κ1) is 13.6. The van der Waals surface area contributed by atoms with Gasteiger partial charge in [0.1, 0.15) is 0 Å². The van der Waals surface area contributed by atoms with Gasteiger partial charge >= 0.3 is 51.4 Å². The van der Waals surface area contributed by atoms with E-state index in [1.165, 1.54) is 18.2 Å². The molecule has 4 nitrogen and oxygen atoms in total. The van der Waals surface area contributed by atoms with Gasteiger partial charge in [0.25, 0.3) is 0 Å². The van der Waals surface area contributed by atoms with Crippen molar-refractivity contribution in [1.82, 2.24) is 0 Å². The number of carbonyl (C=O) groups excluding carboxylic acids is 2. The van der Waals surface area contributed by atoms with Crippen LogP contribution in [-0.4, -0.2) is 12.2 Å². The van der Waals surface area contributed by atoms with E-state index in [1.807, 2.05) is 0 Å². The summed E-state index contributed by atoms with van der Waals surface area (Å²) in [6.07, 6.45) is 2.84. The van der Waals surface area contributed by atoms with Gasteiger partial charge in [-0.25, -0.2) is 9.59 Å². The molecule has 0 N–H and O–H groups in total. The van der Waals surface area contributed by atoms with E-state index in [9.17, 15) is 9.59 Å². The van der Waals surface area contributed by atoms with Crippen molar-refractivity contribution in [3.63, 3.8) is 0 Å². The Morgan fingerprint density at radius 3 is 2.43 bits per heavy atom. The summed E-state index contributed by atoms with van der Waals surface area (Å²) < 4.78 is 0. The monoisotopic (exact) mass is 214 g/mol. The van der Waals surface area contributed by atoms with E-state index in [4.69, 9.17) is 0 Å². The zero-order valence-corrected chi connectivity index (χ0v) is 11.1. The molecule has 0 aliphatic heterocycles. The number of aryl methyl sites for hydroxylation is 1. The smallest absolute Gasteiger partial charge is 1.00 e. The van der Waals surface area contributed by atoms with Crippen LogP contribution in [0.3, 0.4) is 0 Å². The van der Waals surface area contributed by atoms with Crippen LogP contribution in [0.1, 0.15) is 6.99 Å². The standard InChI is InChI=1S/C9H6N2O2.K.H/c1-7-2-3-8(10-5-12)4-9(7)11-6-13;;/h2-4H,1H3;;/q;+1;-1. The molecule has 0 saturated heterocycles. The van der Waals surface area contributed by atoms with Crippen LogP contribution in [0.25, 0.3) is 0 Å². The van der Waals surface area contributed by atoms with Gasteiger partial charge in [0.2, 0.25) is 12.2 Å². The van der Waals surface area contributed by atoms with E-state index in [0.717, 1.165) is 5.56 Å². The number of rotatable bonds is 2. The molecule has 1 aromatic rings. The molecule has 0 saturated carbocycles. The summed E-state index contributed by atoms with van der Waals surface area (Å²) in [6, 6.07) is 4.88. The van der Waals surface area contributed by atoms with Crippen LogP contribution in [0, 0.1) is 6.92 Å². The van der Waals surface area contributed by atoms with Gasteiger partial charge in [0, 0.05) is 0 Å². The van der Waals surface area contributed by atoms with Crippen LogP contribution in [-0.2, 0) is 9.59 Å². The molecule has 0 atom stereocenters. The van der Waals surface area contributed by atoms with E-state index in [2.05, 4.69) is 9.98 Å². The maximum absolute atomic E-state index is 10.00. The van der Waals surface area contributed by atoms with Crippen molar-refractivity contribution in [2.24, 2.45) is 9.98 Å². The fourth-order valence-electron chi connectivity index (χ4n) is 0.890. The van der Waals surface area contributed by atoms with Crippen molar-refractivity contribution in [1.29, 1.82) is 0 Å². The number of hydrogen-bond donors (Lipinski definition) is 0. The van der Waals surface area contributed by atoms with Gasteiger partial charge in [-0.3, -0.25) is 0 Å². The Balaban J connectivity index is 0. The number of hydrogen-bond acceptors (Lipinski definition) is 4. The third-order valence-corrected chi connectivity index (χ3v) is 1.53. The van der Waals surface area contributed by atoms with Crippen LogP contribution < -0.4 is 51.4 Å². The number of benzene rings is 1. The predicted molar refractivity (Wildman–Crippen MR) is 47.9 cm³/mol. The molecule has 0 fully saturated rings. The van der Waals surface area contributed by atoms with E-state index < -0.39 is 0 Å². The van der Waals surface area contributed by atoms with Crippen LogP contribution >= 0.6 is 0 Å². The molecule has 1 rings (SSSR count). The maximum Gasteiger partial charge on any atom is 1.00 e. The summed E-state index contributed by atoms with van der Waals surface area (Å²) in [4.78, 5) is 26.8. The van der Waals surface area contributed by atoms with Gasteiger partial charge in [-0.05, 0) is 24.6 Å². The first-order valence-corrected chi connectivity index (χ1v) is 3.54. The van der Waals surface area contributed by atoms with Crippen molar-refractivity contribution in [2.45, 2.75) is 6.92 Å². The summed E-state index contributed by atoms with van der Waals surface area (Å²) in [7, 11) is 0. The topological polar surface area (TPSA) is 58.9 Å². The Morgan fingerprint density at radius 1 is 1.21 bits per heavy atom. The Morgan fingerprint density at radius 2 is 1.86 bits per heavy atom. The zero-order chi connectivity index (χ0) is 9.68. The number of isocyanates is 2. The molecule has 1 aromatic carbocycles. The molecule has 0 aliphatic carbocycles. The van der Waals surface area contributed by atoms with Gasteiger partial charge in [0.15, 0.2) is 0 Å². The molecule has 0 radical (unpaired) electrons. The minimum absolute atomic E-state index is 0. The third kappa shape index (κ3) is 3.78. The minimum atomic E-state index is 0. The van der Waals surface area contributed by atoms with Crippen LogP contribution in [0.5, 0.6) is 0 Å². The Hall–Kier alpha value is -0.384. The largest absolute Gasteiger partial charge is 1.00 e. The van der Waals surface area contributed by atoms with Gasteiger partial charge in [0.05, 0.1) is 11.4 Å². The van der Waals surface area contributed by atoms with Crippen molar-refractivity contribution in [3.05, 3.63) is 23.8 Å². The molecular formula is C9H7KN2O2. The quantitative estimate of drug-likeness (QED) is 0.362. The third-order valence-electron chi connectivity index (χ3n) is 1.53. The molecule has 5 heteroatoms. The average Bonchev–Trinajstić information content (AvgIpc) is 2.12. The van der Waals surface area contributed by atoms with E-state index >= 15 is 0 Å². The molecule has 0 unspecified atom stereocenters. The fraction of sp³-hybridized carbons (Fsp3) is 0.111. The van der Waals surface area contributed by atoms with Gasteiger partial charge in [-0.1, -0.05) is 6.07 Å². The second kappa shape index (κ2) is 6.98. The first-order chi connectivity index (χ1) is 6.27. The fourth-order valence-corrected chi connectivity index (χ4v) is 0.890. The van der Waals surface area contributed by atoms with Crippen molar-refractivity contribution >= 4 is 23.5 Å². The molecule has 0 spiro atoms. The predicted octanol–water partition coefficient (Wildman–Crippen LogP) is -0.954. The van der Waals surface area contributed by atoms with Crippen molar-refractivity contribution < 1.29 is 62.4 Å². The van der Waals surface area contributed by atoms with E-state index in [1.54, 1.807) is 19.1 Å². The molecule has 14 heavy (non-hydrogen) atoms. The second-order valence-corrected chi connectivity index (χ2v) is 2.38. The van der Waals surface area contributed by atoms with Gasteiger partial charge in [-0.15, -0.1) is 0 Å². The summed E-state index contributed by atoms with van der Waals surface area (Å²) in [5, 5.41) is 0. The van der Waals surface area contributed by atoms with E-state index in [-0.39, 0.29) is 52.8 Å². The SMILES string of the molecule is Cc1ccc(N=C=O)cc1N=C=O.[H-].[K+]. The van der Waals surface area contributed by atoms with Gasteiger partial charge < -0.3 is 1.43 Å². The van der Waals surface area contributed by atoms with Crippen LogP contribution in [0.2, 0.25) is 0 Å². The summed E-state index contributed by atoms with van der Waals surface area (Å²) in [6.45, 7) is 1.80. The number of nitrogens with zero attached hydrogens (tertiary/aromatic N) is 2. The molecule has 0 aromatic heterocycles. The van der Waals surface area contributed by atoms with Crippen molar-refractivity contribution in [3.8, 4) is 0 Å². The molecule has 0 aliphatic rings. The minimum Gasteiger partial charge on any atom is -1.00 e. The Bertz CT molecular complexity index is 424. The summed E-state index contributed by atoms with van der Waals surface area (Å²) in [5.74, 6) is 0. The molecule has 0 amide bonds. The van der Waals surface area contributed by atoms with E-state index in [0.29, 0.717) is 11.4 Å². The van der Waals surface area contributed by atoms with Crippen LogP contribution in [0.4, 0.5) is 11.4 Å².